The third kappa shape index (κ3) is 8.74. The molecule has 0 aliphatic carbocycles. The molecule has 2 aliphatic heterocycles. The number of phenols is 3. The number of ether oxygens (including phenoxy) is 4. The second-order valence-corrected chi connectivity index (χ2v) is 9.38. The predicted octanol–water partition coefficient (Wildman–Crippen LogP) is -0.283. The Morgan fingerprint density at radius 2 is 1.21 bits per heavy atom. The fourth-order valence-corrected chi connectivity index (χ4v) is 3.47. The molecule has 0 bridgehead atoms. The minimum absolute atomic E-state index is 0. The molecular weight excluding hydrogens is 612 g/mol. The fourth-order valence-electron chi connectivity index (χ4n) is 3.47. The first-order chi connectivity index (χ1) is 19.4. The SMILES string of the molecule is CC1(C)OC(=O)C=C([O-])O1.CC1(C)OC(=O)C=C([O-])O1.O=c1c([O-])c(-c2ccc(O)cc2[O-])oc2cc(O)cc(O)c12.[Ti]. The number of esters is 2. The minimum atomic E-state index is -1.11. The van der Waals surface area contributed by atoms with E-state index in [0.717, 1.165) is 36.4 Å². The molecular formula is C27H22O15Ti-4. The van der Waals surface area contributed by atoms with Crippen molar-refractivity contribution >= 4 is 22.9 Å². The average molecular weight is 634 g/mol. The molecule has 5 rings (SSSR count). The van der Waals surface area contributed by atoms with Crippen molar-refractivity contribution in [2.75, 3.05) is 0 Å². The molecule has 228 valence electrons. The van der Waals surface area contributed by atoms with E-state index in [-0.39, 0.29) is 49.7 Å². The van der Waals surface area contributed by atoms with Gasteiger partial charge in [0, 0.05) is 51.6 Å². The number of carbonyl (C=O) groups is 2. The first-order valence-corrected chi connectivity index (χ1v) is 11.7. The standard InChI is InChI=1S/C15H10O7.2C6H8O4.Ti/c16-6-1-2-8(9(18)3-6)15-14(21)13(20)12-10(19)4-7(17)5-11(12)22-15;2*1-6(2)9-4(7)3-5(8)10-6;/h1-5,16-19,21H;2*3,7H,1-2H3;/p-4. The zero-order chi connectivity index (χ0) is 31.6. The number of benzene rings is 2. The van der Waals surface area contributed by atoms with Crippen LogP contribution in [0.25, 0.3) is 22.3 Å². The van der Waals surface area contributed by atoms with Gasteiger partial charge in [0.25, 0.3) is 0 Å². The molecule has 2 aliphatic rings. The van der Waals surface area contributed by atoms with Gasteiger partial charge in [-0.15, -0.1) is 0 Å². The maximum absolute atomic E-state index is 12.1. The first kappa shape index (κ1) is 34.2. The van der Waals surface area contributed by atoms with Gasteiger partial charge < -0.3 is 59.1 Å². The van der Waals surface area contributed by atoms with Gasteiger partial charge in [-0.05, 0) is 51.6 Å². The predicted molar refractivity (Wildman–Crippen MR) is 130 cm³/mol. The third-order valence-corrected chi connectivity index (χ3v) is 4.98. The molecule has 16 heteroatoms. The van der Waals surface area contributed by atoms with E-state index in [0.29, 0.717) is 0 Å². The molecule has 0 unspecified atom stereocenters. The van der Waals surface area contributed by atoms with Gasteiger partial charge in [0.1, 0.15) is 34.0 Å². The van der Waals surface area contributed by atoms with E-state index in [2.05, 4.69) is 18.9 Å². The van der Waals surface area contributed by atoms with Crippen molar-refractivity contribution < 1.29 is 90.4 Å². The molecule has 43 heavy (non-hydrogen) atoms. The van der Waals surface area contributed by atoms with E-state index in [1.807, 2.05) is 0 Å². The average Bonchev–Trinajstić information content (AvgIpc) is 2.79. The Morgan fingerprint density at radius 1 is 0.698 bits per heavy atom. The number of cyclic esters (lactones) is 2. The van der Waals surface area contributed by atoms with Crippen LogP contribution in [0.1, 0.15) is 27.7 Å². The molecule has 0 spiro atoms. The molecule has 0 atom stereocenters. The van der Waals surface area contributed by atoms with Gasteiger partial charge in [-0.1, -0.05) is 5.75 Å². The number of hydrogen-bond acceptors (Lipinski definition) is 15. The van der Waals surface area contributed by atoms with E-state index in [4.69, 9.17) is 4.42 Å². The molecule has 3 heterocycles. The van der Waals surface area contributed by atoms with E-state index >= 15 is 0 Å². The molecule has 0 fully saturated rings. The largest absolute Gasteiger partial charge is 0.872 e. The molecule has 2 aromatic carbocycles. The summed E-state index contributed by atoms with van der Waals surface area (Å²) in [5, 5.41) is 72.8. The maximum atomic E-state index is 12.1. The van der Waals surface area contributed by atoms with E-state index in [9.17, 15) is 50.1 Å². The van der Waals surface area contributed by atoms with Crippen molar-refractivity contribution in [1.82, 2.24) is 0 Å². The second kappa shape index (κ2) is 12.9. The Labute approximate surface area is 256 Å². The van der Waals surface area contributed by atoms with Gasteiger partial charge in [0.2, 0.25) is 0 Å². The summed E-state index contributed by atoms with van der Waals surface area (Å²) in [5.74, 6) is -8.41. The normalized spacial score (nSPS) is 16.1. The summed E-state index contributed by atoms with van der Waals surface area (Å²) in [6.07, 6.45) is 1.54. The first-order valence-electron chi connectivity index (χ1n) is 11.7. The van der Waals surface area contributed by atoms with Gasteiger partial charge in [0.15, 0.2) is 17.0 Å². The molecule has 0 saturated heterocycles. The van der Waals surface area contributed by atoms with Gasteiger partial charge in [0.05, 0.1) is 11.9 Å². The van der Waals surface area contributed by atoms with Crippen LogP contribution in [0.3, 0.4) is 0 Å². The summed E-state index contributed by atoms with van der Waals surface area (Å²) in [4.78, 5) is 33.1. The van der Waals surface area contributed by atoms with Crippen LogP contribution in [-0.4, -0.2) is 38.8 Å². The third-order valence-electron chi connectivity index (χ3n) is 4.98. The molecule has 15 nitrogen and oxygen atoms in total. The summed E-state index contributed by atoms with van der Waals surface area (Å²) in [5.41, 5.74) is -1.49. The zero-order valence-corrected chi connectivity index (χ0v) is 24.3. The van der Waals surface area contributed by atoms with Crippen LogP contribution in [0.5, 0.6) is 28.7 Å². The van der Waals surface area contributed by atoms with Crippen LogP contribution in [0.2, 0.25) is 0 Å². The molecule has 0 radical (unpaired) electrons. The van der Waals surface area contributed by atoms with Crippen molar-refractivity contribution in [3.05, 3.63) is 64.6 Å². The van der Waals surface area contributed by atoms with Crippen LogP contribution in [-0.2, 0) is 50.3 Å². The van der Waals surface area contributed by atoms with Crippen LogP contribution in [0.4, 0.5) is 0 Å². The van der Waals surface area contributed by atoms with Gasteiger partial charge >= 0.3 is 11.9 Å². The summed E-state index contributed by atoms with van der Waals surface area (Å²) in [6.45, 7) is 5.98. The number of rotatable bonds is 1. The van der Waals surface area contributed by atoms with Crippen LogP contribution < -0.4 is 25.9 Å². The van der Waals surface area contributed by atoms with Gasteiger partial charge in [-0.3, -0.25) is 4.79 Å². The van der Waals surface area contributed by atoms with Crippen molar-refractivity contribution in [1.29, 1.82) is 0 Å². The zero-order valence-electron chi connectivity index (χ0n) is 22.8. The van der Waals surface area contributed by atoms with Crippen molar-refractivity contribution in [2.45, 2.75) is 39.3 Å². The summed E-state index contributed by atoms with van der Waals surface area (Å²) >= 11 is 0. The van der Waals surface area contributed by atoms with E-state index < -0.39 is 63.8 Å². The summed E-state index contributed by atoms with van der Waals surface area (Å²) < 4.78 is 23.7. The summed E-state index contributed by atoms with van der Waals surface area (Å²) in [6, 6.07) is 5.13. The topological polar surface area (TPSA) is 254 Å². The van der Waals surface area contributed by atoms with Gasteiger partial charge in [-0.2, -0.15) is 0 Å². The van der Waals surface area contributed by atoms with Crippen molar-refractivity contribution in [3.63, 3.8) is 0 Å². The number of phenolic OH excluding ortho intramolecular Hbond substituents is 3. The monoisotopic (exact) mass is 634 g/mol. The molecule has 3 N–H and O–H groups in total. The quantitative estimate of drug-likeness (QED) is 0.230. The van der Waals surface area contributed by atoms with Crippen LogP contribution in [0.15, 0.2) is 63.6 Å². The molecule has 3 aromatic rings. The molecule has 0 amide bonds. The smallest absolute Gasteiger partial charge is 0.334 e. The Balaban J connectivity index is 0.000000257. The van der Waals surface area contributed by atoms with E-state index in [1.165, 1.54) is 33.8 Å². The Hall–Kier alpha value is -5.02. The second-order valence-electron chi connectivity index (χ2n) is 9.38. The molecule has 0 saturated carbocycles. The van der Waals surface area contributed by atoms with Crippen molar-refractivity contribution in [2.24, 2.45) is 0 Å². The van der Waals surface area contributed by atoms with Crippen LogP contribution in [0, 0.1) is 0 Å². The number of carbonyl (C=O) groups excluding carboxylic acids is 2. The van der Waals surface area contributed by atoms with Gasteiger partial charge in [-0.25, -0.2) is 9.59 Å². The number of aromatic hydroxyl groups is 3. The van der Waals surface area contributed by atoms with Crippen LogP contribution >= 0.6 is 0 Å². The Morgan fingerprint density at radius 3 is 1.65 bits per heavy atom. The van der Waals surface area contributed by atoms with Crippen molar-refractivity contribution in [3.8, 4) is 40.1 Å². The minimum Gasteiger partial charge on any atom is -0.872 e. The maximum Gasteiger partial charge on any atom is 0.334 e. The number of hydrogen-bond donors (Lipinski definition) is 3. The van der Waals surface area contributed by atoms with E-state index in [1.54, 1.807) is 0 Å². The fraction of sp³-hybridized carbons (Fsp3) is 0.222. The Bertz CT molecular complexity index is 1620. The summed E-state index contributed by atoms with van der Waals surface area (Å²) in [7, 11) is 0. The molecule has 1 aromatic heterocycles. The number of fused-ring (bicyclic) bond motifs is 1. The Kier molecular flexibility index (Phi) is 10.2.